The van der Waals surface area contributed by atoms with E-state index in [-0.39, 0.29) is 17.2 Å². The van der Waals surface area contributed by atoms with Gasteiger partial charge in [-0.3, -0.25) is 9.59 Å². The molecular formula is C22H23N3O2. The molecule has 0 bridgehead atoms. The second kappa shape index (κ2) is 7.35. The van der Waals surface area contributed by atoms with Gasteiger partial charge >= 0.3 is 0 Å². The molecule has 1 N–H and O–H groups in total. The SMILES string of the molecule is O=C1CCC(C(=O)N2CCCC(c3ccccc3)(c3ccccc3)C2)=NN1. The van der Waals surface area contributed by atoms with E-state index in [2.05, 4.69) is 59.1 Å². The minimum Gasteiger partial charge on any atom is -0.336 e. The first kappa shape index (κ1) is 17.5. The van der Waals surface area contributed by atoms with Gasteiger partial charge in [0.15, 0.2) is 0 Å². The third kappa shape index (κ3) is 3.37. The second-order valence-electron chi connectivity index (χ2n) is 7.24. The maximum absolute atomic E-state index is 13.1. The normalized spacial score (nSPS) is 19.2. The molecule has 2 aromatic carbocycles. The van der Waals surface area contributed by atoms with Gasteiger partial charge in [-0.25, -0.2) is 5.43 Å². The molecular weight excluding hydrogens is 338 g/mol. The maximum Gasteiger partial charge on any atom is 0.270 e. The summed E-state index contributed by atoms with van der Waals surface area (Å²) in [5.74, 6) is -0.195. The lowest BCUT2D eigenvalue weighted by molar-refractivity contribution is -0.126. The van der Waals surface area contributed by atoms with Crippen LogP contribution in [0.2, 0.25) is 0 Å². The Morgan fingerprint density at radius 3 is 2.15 bits per heavy atom. The highest BCUT2D eigenvalue weighted by Crippen LogP contribution is 2.40. The average Bonchev–Trinajstić information content (AvgIpc) is 2.75. The van der Waals surface area contributed by atoms with E-state index in [0.717, 1.165) is 12.8 Å². The molecule has 2 amide bonds. The van der Waals surface area contributed by atoms with Gasteiger partial charge in [0.2, 0.25) is 5.91 Å². The third-order valence-electron chi connectivity index (χ3n) is 5.58. The first-order valence-electron chi connectivity index (χ1n) is 9.45. The van der Waals surface area contributed by atoms with Crippen molar-refractivity contribution in [1.29, 1.82) is 0 Å². The Hall–Kier alpha value is -2.95. The fourth-order valence-electron chi connectivity index (χ4n) is 4.19. The number of amides is 2. The summed E-state index contributed by atoms with van der Waals surface area (Å²) >= 11 is 0. The first-order valence-corrected chi connectivity index (χ1v) is 9.45. The van der Waals surface area contributed by atoms with Crippen LogP contribution in [0.25, 0.3) is 0 Å². The zero-order valence-electron chi connectivity index (χ0n) is 15.2. The van der Waals surface area contributed by atoms with Crippen LogP contribution in [0, 0.1) is 0 Å². The summed E-state index contributed by atoms with van der Waals surface area (Å²) in [6.07, 6.45) is 2.65. The summed E-state index contributed by atoms with van der Waals surface area (Å²) < 4.78 is 0. The minimum absolute atomic E-state index is 0.0639. The van der Waals surface area contributed by atoms with E-state index in [0.29, 0.717) is 31.6 Å². The van der Waals surface area contributed by atoms with Gasteiger partial charge in [-0.2, -0.15) is 5.10 Å². The molecule has 1 fully saturated rings. The van der Waals surface area contributed by atoms with Crippen LogP contribution in [-0.4, -0.2) is 35.5 Å². The Morgan fingerprint density at radius 1 is 0.963 bits per heavy atom. The Balaban J connectivity index is 1.68. The van der Waals surface area contributed by atoms with Crippen LogP contribution in [-0.2, 0) is 15.0 Å². The molecule has 0 aromatic heterocycles. The molecule has 1 saturated heterocycles. The summed E-state index contributed by atoms with van der Waals surface area (Å²) in [6, 6.07) is 20.9. The molecule has 2 aliphatic heterocycles. The second-order valence-corrected chi connectivity index (χ2v) is 7.24. The highest BCUT2D eigenvalue weighted by molar-refractivity contribution is 6.39. The minimum atomic E-state index is -0.227. The van der Waals surface area contributed by atoms with Gasteiger partial charge in [-0.05, 0) is 24.0 Å². The standard InChI is InChI=1S/C22H23N3O2/c26-20-13-12-19(23-24-20)21(27)25-15-7-14-22(16-25,17-8-3-1-4-9-17)18-10-5-2-6-11-18/h1-6,8-11H,7,12-16H2,(H,24,26). The van der Waals surface area contributed by atoms with Crippen LogP contribution in [0.15, 0.2) is 65.8 Å². The fraction of sp³-hybridized carbons (Fsp3) is 0.318. The molecule has 27 heavy (non-hydrogen) atoms. The van der Waals surface area contributed by atoms with Crippen LogP contribution in [0.3, 0.4) is 0 Å². The van der Waals surface area contributed by atoms with Crippen molar-refractivity contribution in [1.82, 2.24) is 10.3 Å². The zero-order chi connectivity index (χ0) is 18.7. The number of carbonyl (C=O) groups excluding carboxylic acids is 2. The zero-order valence-corrected chi connectivity index (χ0v) is 15.2. The van der Waals surface area contributed by atoms with Gasteiger partial charge < -0.3 is 4.90 Å². The van der Waals surface area contributed by atoms with Gasteiger partial charge in [-0.15, -0.1) is 0 Å². The number of hydrogen-bond acceptors (Lipinski definition) is 3. The van der Waals surface area contributed by atoms with E-state index < -0.39 is 0 Å². The van der Waals surface area contributed by atoms with E-state index >= 15 is 0 Å². The predicted molar refractivity (Wildman–Crippen MR) is 104 cm³/mol. The molecule has 2 aromatic rings. The number of nitrogens with zero attached hydrogens (tertiary/aromatic N) is 2. The van der Waals surface area contributed by atoms with Crippen LogP contribution in [0.4, 0.5) is 0 Å². The largest absolute Gasteiger partial charge is 0.336 e. The summed E-state index contributed by atoms with van der Waals surface area (Å²) in [5, 5.41) is 4.00. The molecule has 0 atom stereocenters. The van der Waals surface area contributed by atoms with E-state index in [4.69, 9.17) is 0 Å². The van der Waals surface area contributed by atoms with Gasteiger partial charge in [0.1, 0.15) is 5.71 Å². The van der Waals surface area contributed by atoms with Crippen LogP contribution < -0.4 is 5.43 Å². The summed E-state index contributed by atoms with van der Waals surface area (Å²) in [6.45, 7) is 1.33. The average molecular weight is 361 g/mol. The summed E-state index contributed by atoms with van der Waals surface area (Å²) in [4.78, 5) is 26.3. The highest BCUT2D eigenvalue weighted by atomic mass is 16.2. The van der Waals surface area contributed by atoms with Gasteiger partial charge in [-0.1, -0.05) is 60.7 Å². The molecule has 4 rings (SSSR count). The molecule has 5 heteroatoms. The molecule has 0 unspecified atom stereocenters. The number of hydrazone groups is 1. The van der Waals surface area contributed by atoms with Gasteiger partial charge in [0.05, 0.1) is 0 Å². The van der Waals surface area contributed by atoms with Crippen LogP contribution >= 0.6 is 0 Å². The lowest BCUT2D eigenvalue weighted by atomic mass is 9.69. The number of piperidine rings is 1. The van der Waals surface area contributed by atoms with Crippen LogP contribution in [0.5, 0.6) is 0 Å². The molecule has 138 valence electrons. The molecule has 2 heterocycles. The highest BCUT2D eigenvalue weighted by Gasteiger charge is 2.41. The van der Waals surface area contributed by atoms with Crippen molar-refractivity contribution in [2.45, 2.75) is 31.1 Å². The predicted octanol–water partition coefficient (Wildman–Crippen LogP) is 2.86. The van der Waals surface area contributed by atoms with Gasteiger partial charge in [0, 0.05) is 31.3 Å². The number of benzene rings is 2. The van der Waals surface area contributed by atoms with Crippen molar-refractivity contribution in [3.8, 4) is 0 Å². The van der Waals surface area contributed by atoms with E-state index in [1.54, 1.807) is 0 Å². The Bertz CT molecular complexity index is 822. The number of hydrogen-bond donors (Lipinski definition) is 1. The topological polar surface area (TPSA) is 61.8 Å². The number of nitrogens with one attached hydrogen (secondary N) is 1. The summed E-state index contributed by atoms with van der Waals surface area (Å²) in [5.41, 5.74) is 5.12. The van der Waals surface area contributed by atoms with Crippen molar-refractivity contribution in [2.24, 2.45) is 5.10 Å². The van der Waals surface area contributed by atoms with E-state index in [1.165, 1.54) is 11.1 Å². The van der Waals surface area contributed by atoms with Crippen molar-refractivity contribution in [3.63, 3.8) is 0 Å². The van der Waals surface area contributed by atoms with E-state index in [9.17, 15) is 9.59 Å². The molecule has 0 radical (unpaired) electrons. The number of likely N-dealkylation sites (tertiary alicyclic amines) is 1. The van der Waals surface area contributed by atoms with Crippen molar-refractivity contribution >= 4 is 17.5 Å². The Labute approximate surface area is 159 Å². The molecule has 0 saturated carbocycles. The monoisotopic (exact) mass is 361 g/mol. The van der Waals surface area contributed by atoms with Gasteiger partial charge in [0.25, 0.3) is 5.91 Å². The molecule has 0 aliphatic carbocycles. The van der Waals surface area contributed by atoms with Crippen molar-refractivity contribution in [3.05, 3.63) is 71.8 Å². The Kier molecular flexibility index (Phi) is 4.75. The lowest BCUT2D eigenvalue weighted by Gasteiger charge is -2.44. The smallest absolute Gasteiger partial charge is 0.270 e. The van der Waals surface area contributed by atoms with Crippen LogP contribution in [0.1, 0.15) is 36.8 Å². The molecule has 2 aliphatic rings. The maximum atomic E-state index is 13.1. The third-order valence-corrected chi connectivity index (χ3v) is 5.58. The quantitative estimate of drug-likeness (QED) is 0.914. The van der Waals surface area contributed by atoms with Crippen molar-refractivity contribution < 1.29 is 9.59 Å². The Morgan fingerprint density at radius 2 is 1.59 bits per heavy atom. The fourth-order valence-corrected chi connectivity index (χ4v) is 4.19. The van der Waals surface area contributed by atoms with E-state index in [1.807, 2.05) is 17.0 Å². The number of rotatable bonds is 3. The first-order chi connectivity index (χ1) is 13.2. The van der Waals surface area contributed by atoms with Crippen molar-refractivity contribution in [2.75, 3.05) is 13.1 Å². The molecule has 5 nitrogen and oxygen atoms in total. The summed E-state index contributed by atoms with van der Waals surface area (Å²) in [7, 11) is 0. The number of carbonyl (C=O) groups is 2. The molecule has 0 spiro atoms. The lowest BCUT2D eigenvalue weighted by Crippen LogP contribution is -2.51.